The van der Waals surface area contributed by atoms with Gasteiger partial charge >= 0.3 is 0 Å². The molecule has 2 heterocycles. The summed E-state index contributed by atoms with van der Waals surface area (Å²) in [6.45, 7) is 3.97. The molecule has 1 fully saturated rings. The Kier molecular flexibility index (Phi) is 6.52. The molecular formula is C20H20Cl2N4O2S. The van der Waals surface area contributed by atoms with Crippen LogP contribution < -0.4 is 4.74 Å². The summed E-state index contributed by atoms with van der Waals surface area (Å²) in [5.41, 5.74) is 0.937. The summed E-state index contributed by atoms with van der Waals surface area (Å²) in [7, 11) is 0. The number of nitrogens with zero attached hydrogens (tertiary/aromatic N) is 4. The summed E-state index contributed by atoms with van der Waals surface area (Å²) in [5, 5.41) is 5.75. The molecule has 0 amide bonds. The summed E-state index contributed by atoms with van der Waals surface area (Å²) in [4.78, 5) is 2.27. The van der Waals surface area contributed by atoms with Crippen LogP contribution in [0.3, 0.4) is 0 Å². The first-order valence-corrected chi connectivity index (χ1v) is 10.4. The molecule has 0 N–H and O–H groups in total. The first-order chi connectivity index (χ1) is 14.1. The van der Waals surface area contributed by atoms with Crippen LogP contribution in [0.5, 0.6) is 5.75 Å². The Morgan fingerprint density at radius 2 is 1.83 bits per heavy atom. The normalized spacial score (nSPS) is 14.8. The lowest BCUT2D eigenvalue weighted by atomic mass is 10.3. The molecule has 0 aliphatic carbocycles. The van der Waals surface area contributed by atoms with Crippen LogP contribution >= 0.6 is 35.4 Å². The van der Waals surface area contributed by atoms with Crippen molar-refractivity contribution >= 4 is 35.4 Å². The molecule has 0 atom stereocenters. The van der Waals surface area contributed by atoms with Crippen molar-refractivity contribution in [3.8, 4) is 11.4 Å². The summed E-state index contributed by atoms with van der Waals surface area (Å²) >= 11 is 17.9. The molecule has 1 saturated heterocycles. The second-order valence-electron chi connectivity index (χ2n) is 6.60. The van der Waals surface area contributed by atoms with Crippen molar-refractivity contribution in [2.75, 3.05) is 26.3 Å². The third kappa shape index (κ3) is 4.82. The van der Waals surface area contributed by atoms with Crippen LogP contribution in [0.25, 0.3) is 5.69 Å². The van der Waals surface area contributed by atoms with E-state index in [-0.39, 0.29) is 6.61 Å². The first-order valence-electron chi connectivity index (χ1n) is 9.24. The van der Waals surface area contributed by atoms with Crippen LogP contribution in [0.1, 0.15) is 5.82 Å². The molecule has 4 rings (SSSR count). The topological polar surface area (TPSA) is 44.4 Å². The maximum atomic E-state index is 6.24. The maximum absolute atomic E-state index is 6.24. The average Bonchev–Trinajstić information content (AvgIpc) is 3.04. The van der Waals surface area contributed by atoms with E-state index in [4.69, 9.17) is 50.0 Å². The van der Waals surface area contributed by atoms with Crippen LogP contribution in [0.2, 0.25) is 10.0 Å². The molecule has 0 saturated carbocycles. The molecule has 1 aliphatic heterocycles. The number of halogens is 2. The molecule has 1 aliphatic rings. The second kappa shape index (κ2) is 9.28. The van der Waals surface area contributed by atoms with Crippen molar-refractivity contribution in [1.29, 1.82) is 0 Å². The fraction of sp³-hybridized carbons (Fsp3) is 0.300. The van der Waals surface area contributed by atoms with Gasteiger partial charge in [0, 0.05) is 23.8 Å². The lowest BCUT2D eigenvalue weighted by Crippen LogP contribution is -2.37. The number of rotatable bonds is 6. The van der Waals surface area contributed by atoms with Gasteiger partial charge in [-0.3, -0.25) is 9.47 Å². The third-order valence-corrected chi connectivity index (χ3v) is 5.53. The van der Waals surface area contributed by atoms with Crippen molar-refractivity contribution in [3.05, 3.63) is 69.2 Å². The summed E-state index contributed by atoms with van der Waals surface area (Å²) in [6.07, 6.45) is 0. The molecule has 0 unspecified atom stereocenters. The zero-order chi connectivity index (χ0) is 20.2. The van der Waals surface area contributed by atoms with Gasteiger partial charge in [0.1, 0.15) is 12.4 Å². The van der Waals surface area contributed by atoms with Gasteiger partial charge in [-0.05, 0) is 42.5 Å². The second-order valence-corrected chi connectivity index (χ2v) is 7.81. The monoisotopic (exact) mass is 450 g/mol. The quantitative estimate of drug-likeness (QED) is 0.514. The molecule has 9 heteroatoms. The minimum Gasteiger partial charge on any atom is -0.484 e. The molecule has 3 aromatic rings. The van der Waals surface area contributed by atoms with E-state index in [1.807, 2.05) is 39.6 Å². The Labute approximate surface area is 184 Å². The van der Waals surface area contributed by atoms with E-state index in [2.05, 4.69) is 4.90 Å². The molecule has 2 aromatic carbocycles. The highest BCUT2D eigenvalue weighted by atomic mass is 35.5. The van der Waals surface area contributed by atoms with E-state index in [0.717, 1.165) is 32.0 Å². The number of morpholine rings is 1. The van der Waals surface area contributed by atoms with Crippen molar-refractivity contribution < 1.29 is 9.47 Å². The van der Waals surface area contributed by atoms with Crippen molar-refractivity contribution in [2.45, 2.75) is 13.3 Å². The minimum atomic E-state index is 0.218. The lowest BCUT2D eigenvalue weighted by Gasteiger charge is -2.26. The first kappa shape index (κ1) is 20.4. The predicted molar refractivity (Wildman–Crippen MR) is 116 cm³/mol. The minimum absolute atomic E-state index is 0.218. The average molecular weight is 451 g/mol. The van der Waals surface area contributed by atoms with Gasteiger partial charge in [-0.2, -0.15) is 5.10 Å². The highest BCUT2D eigenvalue weighted by Gasteiger charge is 2.17. The Bertz CT molecular complexity index is 1030. The van der Waals surface area contributed by atoms with E-state index in [1.54, 1.807) is 18.2 Å². The van der Waals surface area contributed by atoms with Crippen LogP contribution in [0.4, 0.5) is 0 Å². The SMILES string of the molecule is S=c1n(CN2CCOCC2)nc(COc2ccc(Cl)cc2Cl)n1-c1ccccc1. The highest BCUT2D eigenvalue weighted by Crippen LogP contribution is 2.28. The van der Waals surface area contributed by atoms with Crippen LogP contribution in [-0.4, -0.2) is 45.6 Å². The third-order valence-electron chi connectivity index (χ3n) is 4.61. The largest absolute Gasteiger partial charge is 0.484 e. The predicted octanol–water partition coefficient (Wildman–Crippen LogP) is 4.58. The van der Waals surface area contributed by atoms with Crippen LogP contribution in [0, 0.1) is 4.77 Å². The number of hydrogen-bond donors (Lipinski definition) is 0. The van der Waals surface area contributed by atoms with Gasteiger partial charge in [-0.25, -0.2) is 4.68 Å². The molecule has 6 nitrogen and oxygen atoms in total. The van der Waals surface area contributed by atoms with Crippen molar-refractivity contribution in [3.63, 3.8) is 0 Å². The summed E-state index contributed by atoms with van der Waals surface area (Å²) < 4.78 is 15.7. The molecule has 0 radical (unpaired) electrons. The van der Waals surface area contributed by atoms with Crippen molar-refractivity contribution in [1.82, 2.24) is 19.2 Å². The Balaban J connectivity index is 1.63. The molecule has 29 heavy (non-hydrogen) atoms. The van der Waals surface area contributed by atoms with Gasteiger partial charge in [-0.1, -0.05) is 41.4 Å². The molecular weight excluding hydrogens is 431 g/mol. The van der Waals surface area contributed by atoms with Gasteiger partial charge in [0.05, 0.1) is 24.9 Å². The molecule has 0 spiro atoms. The molecule has 152 valence electrons. The van der Waals surface area contributed by atoms with Crippen molar-refractivity contribution in [2.24, 2.45) is 0 Å². The van der Waals surface area contributed by atoms with Crippen LogP contribution in [-0.2, 0) is 18.0 Å². The van der Waals surface area contributed by atoms with E-state index in [0.29, 0.717) is 33.1 Å². The fourth-order valence-corrected chi connectivity index (χ4v) is 3.91. The summed E-state index contributed by atoms with van der Waals surface area (Å²) in [6, 6.07) is 15.0. The standard InChI is InChI=1S/C20H20Cl2N4O2S/c21-15-6-7-18(17(22)12-15)28-13-19-23-25(14-24-8-10-27-11-9-24)20(29)26(19)16-4-2-1-3-5-16/h1-7,12H,8-11,13-14H2. The molecule has 1 aromatic heterocycles. The molecule has 0 bridgehead atoms. The zero-order valence-electron chi connectivity index (χ0n) is 15.6. The number of aromatic nitrogens is 3. The Hall–Kier alpha value is -1.90. The van der Waals surface area contributed by atoms with E-state index >= 15 is 0 Å². The Morgan fingerprint density at radius 3 is 2.55 bits per heavy atom. The van der Waals surface area contributed by atoms with Gasteiger partial charge in [0.15, 0.2) is 5.82 Å². The Morgan fingerprint density at radius 1 is 1.07 bits per heavy atom. The number of para-hydroxylation sites is 1. The number of hydrogen-bond acceptors (Lipinski definition) is 5. The van der Waals surface area contributed by atoms with Gasteiger partial charge in [-0.15, -0.1) is 0 Å². The van der Waals surface area contributed by atoms with Gasteiger partial charge < -0.3 is 9.47 Å². The van der Waals surface area contributed by atoms with E-state index in [9.17, 15) is 0 Å². The van der Waals surface area contributed by atoms with Gasteiger partial charge in [0.25, 0.3) is 0 Å². The highest BCUT2D eigenvalue weighted by molar-refractivity contribution is 7.71. The fourth-order valence-electron chi connectivity index (χ4n) is 3.14. The zero-order valence-corrected chi connectivity index (χ0v) is 18.0. The smallest absolute Gasteiger partial charge is 0.203 e. The van der Waals surface area contributed by atoms with Gasteiger partial charge in [0.2, 0.25) is 4.77 Å². The number of benzene rings is 2. The van der Waals surface area contributed by atoms with E-state index < -0.39 is 0 Å². The van der Waals surface area contributed by atoms with E-state index in [1.165, 1.54) is 0 Å². The lowest BCUT2D eigenvalue weighted by molar-refractivity contribution is 0.0209. The number of ether oxygens (including phenoxy) is 2. The maximum Gasteiger partial charge on any atom is 0.203 e. The van der Waals surface area contributed by atoms with Crippen LogP contribution in [0.15, 0.2) is 48.5 Å². The summed E-state index contributed by atoms with van der Waals surface area (Å²) in [5.74, 6) is 1.24.